The van der Waals surface area contributed by atoms with Crippen molar-refractivity contribution in [3.8, 4) is 0 Å². The normalized spacial score (nSPS) is 20.6. The van der Waals surface area contributed by atoms with Crippen molar-refractivity contribution < 1.29 is 27.9 Å². The van der Waals surface area contributed by atoms with Crippen LogP contribution in [0.15, 0.2) is 30.3 Å². The summed E-state index contributed by atoms with van der Waals surface area (Å²) in [7, 11) is 0. The van der Waals surface area contributed by atoms with E-state index in [-0.39, 0.29) is 39.9 Å². The Kier molecular flexibility index (Phi) is 5.78. The summed E-state index contributed by atoms with van der Waals surface area (Å²) in [5.41, 5.74) is 4.08. The molecule has 0 bridgehead atoms. The SMILES string of the molecule is NC(=O)C1(N2c3cc(F)c(C(=O)O)cc3NC2Nc2c(Cl)cccc2Cl)CCC(F)(F)CC1. The lowest BCUT2D eigenvalue weighted by Gasteiger charge is -2.47. The average Bonchev–Trinajstić information content (AvgIpc) is 3.07. The van der Waals surface area contributed by atoms with Crippen molar-refractivity contribution in [3.05, 3.63) is 51.8 Å². The van der Waals surface area contributed by atoms with Gasteiger partial charge in [-0.1, -0.05) is 29.3 Å². The zero-order valence-corrected chi connectivity index (χ0v) is 18.5. The Labute approximate surface area is 196 Å². The van der Waals surface area contributed by atoms with E-state index in [0.717, 1.165) is 12.1 Å². The van der Waals surface area contributed by atoms with Crippen molar-refractivity contribution >= 4 is 52.1 Å². The topological polar surface area (TPSA) is 108 Å². The summed E-state index contributed by atoms with van der Waals surface area (Å²) >= 11 is 12.5. The molecule has 4 rings (SSSR count). The van der Waals surface area contributed by atoms with Crippen LogP contribution in [0.5, 0.6) is 0 Å². The monoisotopic (exact) mass is 502 g/mol. The van der Waals surface area contributed by atoms with Crippen molar-refractivity contribution in [1.82, 2.24) is 0 Å². The fourth-order valence-electron chi connectivity index (χ4n) is 4.38. The zero-order valence-electron chi connectivity index (χ0n) is 17.0. The third-order valence-electron chi connectivity index (χ3n) is 6.10. The Hall–Kier alpha value is -2.85. The number of carboxylic acid groups (broad SMARTS) is 1. The first-order chi connectivity index (χ1) is 15.4. The van der Waals surface area contributed by atoms with Crippen molar-refractivity contribution in [2.45, 2.75) is 43.4 Å². The Morgan fingerprint density at radius 3 is 2.30 bits per heavy atom. The lowest BCUT2D eigenvalue weighted by Crippen LogP contribution is -2.64. The molecule has 5 N–H and O–H groups in total. The van der Waals surface area contributed by atoms with Gasteiger partial charge in [0.1, 0.15) is 11.4 Å². The molecule has 0 saturated heterocycles. The number of anilines is 3. The molecule has 2 aliphatic rings. The molecule has 1 aliphatic heterocycles. The van der Waals surface area contributed by atoms with Crippen LogP contribution >= 0.6 is 23.2 Å². The molecule has 1 fully saturated rings. The van der Waals surface area contributed by atoms with E-state index >= 15 is 0 Å². The van der Waals surface area contributed by atoms with E-state index in [4.69, 9.17) is 28.9 Å². The fourth-order valence-corrected chi connectivity index (χ4v) is 4.89. The number of fused-ring (bicyclic) bond motifs is 1. The highest BCUT2D eigenvalue weighted by atomic mass is 35.5. The molecule has 176 valence electrons. The van der Waals surface area contributed by atoms with Gasteiger partial charge in [0, 0.05) is 18.9 Å². The van der Waals surface area contributed by atoms with E-state index in [0.29, 0.717) is 0 Å². The summed E-state index contributed by atoms with van der Waals surface area (Å²) in [5, 5.41) is 15.8. The first kappa shape index (κ1) is 23.3. The first-order valence-corrected chi connectivity index (χ1v) is 10.7. The number of primary amides is 1. The number of nitrogens with one attached hydrogen (secondary N) is 2. The number of nitrogens with zero attached hydrogens (tertiary/aromatic N) is 1. The second-order valence-corrected chi connectivity index (χ2v) is 8.88. The van der Waals surface area contributed by atoms with Crippen LogP contribution in [0, 0.1) is 5.82 Å². The number of hydrogen-bond acceptors (Lipinski definition) is 5. The van der Waals surface area contributed by atoms with Gasteiger partial charge in [-0.3, -0.25) is 4.79 Å². The molecular weight excluding hydrogens is 484 g/mol. The molecule has 7 nitrogen and oxygen atoms in total. The summed E-state index contributed by atoms with van der Waals surface area (Å²) in [6.07, 6.45) is -2.82. The lowest BCUT2D eigenvalue weighted by atomic mass is 9.77. The molecule has 1 unspecified atom stereocenters. The standard InChI is InChI=1S/C21H19Cl2F3N4O3/c22-11-2-1-3-12(23)16(11)29-19-28-14-8-10(17(31)32)13(24)9-15(14)30(19)20(18(27)33)4-6-21(25,26)7-5-20/h1-3,8-9,19,28-29H,4-7H2,(H2,27,33)(H,31,32). The molecule has 1 atom stereocenters. The minimum absolute atomic E-state index is 0.0993. The van der Waals surface area contributed by atoms with Gasteiger partial charge in [-0.15, -0.1) is 0 Å². The largest absolute Gasteiger partial charge is 0.478 e. The third-order valence-corrected chi connectivity index (χ3v) is 6.73. The average molecular weight is 503 g/mol. The van der Waals surface area contributed by atoms with Gasteiger partial charge in [-0.25, -0.2) is 18.0 Å². The molecule has 0 aromatic heterocycles. The number of rotatable bonds is 5. The van der Waals surface area contributed by atoms with Crippen molar-refractivity contribution in [3.63, 3.8) is 0 Å². The molecular formula is C21H19Cl2F3N4O3. The highest BCUT2D eigenvalue weighted by Gasteiger charge is 2.54. The van der Waals surface area contributed by atoms with Gasteiger partial charge in [0.15, 0.2) is 6.29 Å². The van der Waals surface area contributed by atoms with Crippen LogP contribution in [-0.4, -0.2) is 34.7 Å². The van der Waals surface area contributed by atoms with E-state index < -0.39 is 53.8 Å². The van der Waals surface area contributed by atoms with Gasteiger partial charge in [0.2, 0.25) is 11.8 Å². The predicted octanol–water partition coefficient (Wildman–Crippen LogP) is 4.89. The zero-order chi connectivity index (χ0) is 24.1. The highest BCUT2D eigenvalue weighted by Crippen LogP contribution is 2.49. The van der Waals surface area contributed by atoms with Crippen LogP contribution in [0.4, 0.5) is 30.2 Å². The van der Waals surface area contributed by atoms with E-state index in [9.17, 15) is 27.9 Å². The van der Waals surface area contributed by atoms with Crippen LogP contribution in [-0.2, 0) is 4.79 Å². The molecule has 1 saturated carbocycles. The van der Waals surface area contributed by atoms with Crippen LogP contribution in [0.2, 0.25) is 10.0 Å². The molecule has 1 amide bonds. The molecule has 0 spiro atoms. The quantitative estimate of drug-likeness (QED) is 0.463. The summed E-state index contributed by atoms with van der Waals surface area (Å²) < 4.78 is 42.6. The van der Waals surface area contributed by atoms with Gasteiger partial charge in [-0.2, -0.15) is 0 Å². The summed E-state index contributed by atoms with van der Waals surface area (Å²) in [4.78, 5) is 25.5. The van der Waals surface area contributed by atoms with Gasteiger partial charge in [-0.05, 0) is 31.0 Å². The highest BCUT2D eigenvalue weighted by molar-refractivity contribution is 6.39. The number of alkyl halides is 2. The van der Waals surface area contributed by atoms with Crippen molar-refractivity contribution in [2.24, 2.45) is 5.73 Å². The number of benzene rings is 2. The molecule has 0 radical (unpaired) electrons. The number of halogens is 5. The van der Waals surface area contributed by atoms with E-state index in [1.807, 2.05) is 0 Å². The maximum atomic E-state index is 14.6. The Morgan fingerprint density at radius 2 is 1.76 bits per heavy atom. The summed E-state index contributed by atoms with van der Waals surface area (Å²) in [6, 6.07) is 6.76. The van der Waals surface area contributed by atoms with Crippen molar-refractivity contribution in [2.75, 3.05) is 15.5 Å². The van der Waals surface area contributed by atoms with E-state index in [1.54, 1.807) is 18.2 Å². The Bertz CT molecular complexity index is 1120. The predicted molar refractivity (Wildman–Crippen MR) is 119 cm³/mol. The smallest absolute Gasteiger partial charge is 0.338 e. The minimum Gasteiger partial charge on any atom is -0.478 e. The number of carbonyl (C=O) groups is 2. The number of para-hydroxylation sites is 1. The van der Waals surface area contributed by atoms with Gasteiger partial charge < -0.3 is 26.4 Å². The van der Waals surface area contributed by atoms with Crippen molar-refractivity contribution in [1.29, 1.82) is 0 Å². The molecule has 2 aromatic rings. The van der Waals surface area contributed by atoms with E-state index in [1.165, 1.54) is 4.90 Å². The molecule has 2 aromatic carbocycles. The minimum atomic E-state index is -2.97. The Balaban J connectivity index is 1.85. The maximum Gasteiger partial charge on any atom is 0.338 e. The Morgan fingerprint density at radius 1 is 1.15 bits per heavy atom. The summed E-state index contributed by atoms with van der Waals surface area (Å²) in [6.45, 7) is 0. The molecule has 33 heavy (non-hydrogen) atoms. The number of nitrogens with two attached hydrogens (primary N) is 1. The van der Waals surface area contributed by atoms with E-state index in [2.05, 4.69) is 10.6 Å². The summed E-state index contributed by atoms with van der Waals surface area (Å²) in [5.74, 6) is -6.38. The fraction of sp³-hybridized carbons (Fsp3) is 0.333. The van der Waals surface area contributed by atoms with Crippen LogP contribution in [0.1, 0.15) is 36.0 Å². The van der Waals surface area contributed by atoms with Crippen LogP contribution < -0.4 is 21.3 Å². The van der Waals surface area contributed by atoms with Crippen LogP contribution in [0.25, 0.3) is 0 Å². The second-order valence-electron chi connectivity index (χ2n) is 8.06. The maximum absolute atomic E-state index is 14.6. The number of carboxylic acids is 1. The number of carbonyl (C=O) groups excluding carboxylic acids is 1. The van der Waals surface area contributed by atoms with Crippen LogP contribution in [0.3, 0.4) is 0 Å². The lowest BCUT2D eigenvalue weighted by molar-refractivity contribution is -0.128. The van der Waals surface area contributed by atoms with Gasteiger partial charge in [0.25, 0.3) is 0 Å². The number of amides is 1. The third kappa shape index (κ3) is 4.02. The number of hydrogen-bond donors (Lipinski definition) is 4. The van der Waals surface area contributed by atoms with Gasteiger partial charge in [0.05, 0.1) is 32.7 Å². The van der Waals surface area contributed by atoms with Gasteiger partial charge >= 0.3 is 5.97 Å². The molecule has 1 heterocycles. The number of aromatic carboxylic acids is 1. The molecule has 12 heteroatoms. The first-order valence-electron chi connectivity index (χ1n) is 9.96. The molecule has 1 aliphatic carbocycles. The second kappa shape index (κ2) is 8.18.